The number of nitrogens with zero attached hydrogens (tertiary/aromatic N) is 1. The number of rotatable bonds is 9. The van der Waals surface area contributed by atoms with E-state index in [1.54, 1.807) is 13.2 Å². The van der Waals surface area contributed by atoms with Gasteiger partial charge in [0.1, 0.15) is 5.75 Å². The van der Waals surface area contributed by atoms with E-state index in [4.69, 9.17) is 4.74 Å². The van der Waals surface area contributed by atoms with E-state index in [9.17, 15) is 9.00 Å². The van der Waals surface area contributed by atoms with Crippen LogP contribution in [-0.2, 0) is 21.3 Å². The second-order valence-corrected chi connectivity index (χ2v) is 10.9. The zero-order valence-corrected chi connectivity index (χ0v) is 22.1. The average Bonchev–Trinajstić information content (AvgIpc) is 3.36. The third-order valence-corrected chi connectivity index (χ3v) is 7.79. The van der Waals surface area contributed by atoms with Gasteiger partial charge < -0.3 is 4.74 Å². The standard InChI is InChI=1S/C29H28N2O3S2/c1-20(2)23-9-4-22(5-10-23)19-36(33)26-15-6-21(7-16-26)8-17-28(32)31-29-30-27(18-35-29)24-11-13-25(34-3)14-12-24/h4-18,20H,19H2,1-3H3,(H,30,31,32)/b17-8+. The number of nitrogens with one attached hydrogen (secondary N) is 1. The van der Waals surface area contributed by atoms with Crippen LogP contribution >= 0.6 is 11.3 Å². The lowest BCUT2D eigenvalue weighted by Crippen LogP contribution is -2.07. The first-order valence-electron chi connectivity index (χ1n) is 11.6. The van der Waals surface area contributed by atoms with Crippen molar-refractivity contribution in [2.24, 2.45) is 0 Å². The average molecular weight is 517 g/mol. The molecule has 3 aromatic carbocycles. The topological polar surface area (TPSA) is 68.3 Å². The Morgan fingerprint density at radius 1 is 1.03 bits per heavy atom. The normalized spacial score (nSPS) is 12.1. The van der Waals surface area contributed by atoms with Gasteiger partial charge in [-0.1, -0.05) is 50.2 Å². The molecule has 7 heteroatoms. The Labute approximate surface area is 218 Å². The molecule has 5 nitrogen and oxygen atoms in total. The Balaban J connectivity index is 1.31. The summed E-state index contributed by atoms with van der Waals surface area (Å²) in [5.41, 5.74) is 4.92. The number of hydrogen-bond donors (Lipinski definition) is 1. The van der Waals surface area contributed by atoms with Crippen molar-refractivity contribution < 1.29 is 13.7 Å². The highest BCUT2D eigenvalue weighted by Gasteiger charge is 2.08. The smallest absolute Gasteiger partial charge is 0.250 e. The molecule has 4 rings (SSSR count). The molecule has 36 heavy (non-hydrogen) atoms. The molecule has 0 spiro atoms. The number of anilines is 1. The number of aromatic nitrogens is 1. The molecule has 0 aliphatic heterocycles. The van der Waals surface area contributed by atoms with Gasteiger partial charge in [-0.2, -0.15) is 0 Å². The minimum atomic E-state index is -1.13. The summed E-state index contributed by atoms with van der Waals surface area (Å²) in [4.78, 5) is 17.6. The highest BCUT2D eigenvalue weighted by atomic mass is 32.2. The fourth-order valence-corrected chi connectivity index (χ4v) is 5.33. The van der Waals surface area contributed by atoms with Crippen LogP contribution in [0.3, 0.4) is 0 Å². The van der Waals surface area contributed by atoms with Gasteiger partial charge in [0, 0.05) is 21.9 Å². The SMILES string of the molecule is COc1ccc(-c2csc(NC(=O)/C=C/c3ccc(S(=O)Cc4ccc(C(C)C)cc4)cc3)n2)cc1. The molecule has 1 atom stereocenters. The maximum Gasteiger partial charge on any atom is 0.250 e. The van der Waals surface area contributed by atoms with Crippen molar-refractivity contribution in [2.75, 3.05) is 12.4 Å². The number of hydrogen-bond acceptors (Lipinski definition) is 5. The minimum Gasteiger partial charge on any atom is -0.497 e. The highest BCUT2D eigenvalue weighted by Crippen LogP contribution is 2.26. The molecule has 4 aromatic rings. The van der Waals surface area contributed by atoms with E-state index in [1.165, 1.54) is 23.0 Å². The van der Waals surface area contributed by atoms with Crippen molar-refractivity contribution in [3.8, 4) is 17.0 Å². The molecule has 1 aromatic heterocycles. The molecule has 1 amide bonds. The molecular weight excluding hydrogens is 488 g/mol. The largest absolute Gasteiger partial charge is 0.497 e. The third-order valence-electron chi connectivity index (χ3n) is 5.63. The monoisotopic (exact) mass is 516 g/mol. The van der Waals surface area contributed by atoms with Crippen molar-refractivity contribution in [1.82, 2.24) is 4.98 Å². The molecule has 0 saturated heterocycles. The van der Waals surface area contributed by atoms with Crippen LogP contribution < -0.4 is 10.1 Å². The second-order valence-electron chi connectivity index (χ2n) is 8.54. The number of ether oxygens (including phenoxy) is 1. The van der Waals surface area contributed by atoms with Gasteiger partial charge in [-0.05, 0) is 65.1 Å². The molecule has 0 bridgehead atoms. The summed E-state index contributed by atoms with van der Waals surface area (Å²) >= 11 is 1.37. The van der Waals surface area contributed by atoms with Crippen LogP contribution in [0.4, 0.5) is 5.13 Å². The molecule has 0 aliphatic rings. The Morgan fingerprint density at radius 3 is 2.36 bits per heavy atom. The minimum absolute atomic E-state index is 0.261. The number of thiazole rings is 1. The maximum atomic E-state index is 12.8. The van der Waals surface area contributed by atoms with Crippen molar-refractivity contribution in [2.45, 2.75) is 30.4 Å². The van der Waals surface area contributed by atoms with E-state index in [0.717, 1.165) is 33.0 Å². The number of carbonyl (C=O) groups is 1. The zero-order valence-electron chi connectivity index (χ0n) is 20.4. The number of benzene rings is 3. The van der Waals surface area contributed by atoms with Crippen LogP contribution in [0.15, 0.2) is 89.1 Å². The highest BCUT2D eigenvalue weighted by molar-refractivity contribution is 7.84. The number of methoxy groups -OCH3 is 1. The number of amides is 1. The van der Waals surface area contributed by atoms with Crippen LogP contribution in [0.2, 0.25) is 0 Å². The molecule has 0 aliphatic carbocycles. The van der Waals surface area contributed by atoms with Crippen molar-refractivity contribution in [1.29, 1.82) is 0 Å². The van der Waals surface area contributed by atoms with E-state index >= 15 is 0 Å². The Morgan fingerprint density at radius 2 is 1.72 bits per heavy atom. The first-order valence-corrected chi connectivity index (χ1v) is 13.8. The van der Waals surface area contributed by atoms with Gasteiger partial charge in [0.2, 0.25) is 5.91 Å². The van der Waals surface area contributed by atoms with Gasteiger partial charge in [0.05, 0.1) is 29.4 Å². The van der Waals surface area contributed by atoms with Gasteiger partial charge >= 0.3 is 0 Å². The summed E-state index contributed by atoms with van der Waals surface area (Å²) in [7, 11) is 0.495. The van der Waals surface area contributed by atoms with Gasteiger partial charge in [0.15, 0.2) is 5.13 Å². The third kappa shape index (κ3) is 6.77. The summed E-state index contributed by atoms with van der Waals surface area (Å²) < 4.78 is 17.9. The van der Waals surface area contributed by atoms with E-state index in [-0.39, 0.29) is 5.91 Å². The molecule has 1 unspecified atom stereocenters. The van der Waals surface area contributed by atoms with Crippen LogP contribution in [0.5, 0.6) is 5.75 Å². The fourth-order valence-electron chi connectivity index (χ4n) is 3.51. The Kier molecular flexibility index (Phi) is 8.46. The summed E-state index contributed by atoms with van der Waals surface area (Å²) in [6.45, 7) is 4.32. The lowest BCUT2D eigenvalue weighted by Gasteiger charge is -2.07. The molecule has 1 N–H and O–H groups in total. The molecular formula is C29H28N2O3S2. The maximum absolute atomic E-state index is 12.8. The van der Waals surface area contributed by atoms with Crippen LogP contribution in [-0.4, -0.2) is 22.2 Å². The van der Waals surface area contributed by atoms with Gasteiger partial charge in [0.25, 0.3) is 0 Å². The van der Waals surface area contributed by atoms with Crippen molar-refractivity contribution in [3.63, 3.8) is 0 Å². The Hall–Kier alpha value is -3.55. The van der Waals surface area contributed by atoms with Gasteiger partial charge in [-0.15, -0.1) is 11.3 Å². The molecule has 184 valence electrons. The first-order chi connectivity index (χ1) is 17.4. The summed E-state index contributed by atoms with van der Waals surface area (Å²) in [5.74, 6) is 1.47. The quantitative estimate of drug-likeness (QED) is 0.246. The predicted octanol–water partition coefficient (Wildman–Crippen LogP) is 6.90. The van der Waals surface area contributed by atoms with Crippen molar-refractivity contribution in [3.05, 3.63) is 101 Å². The summed E-state index contributed by atoms with van der Waals surface area (Å²) in [6.07, 6.45) is 3.20. The summed E-state index contributed by atoms with van der Waals surface area (Å²) in [6, 6.07) is 23.3. The van der Waals surface area contributed by atoms with Crippen LogP contribution in [0.25, 0.3) is 17.3 Å². The predicted molar refractivity (Wildman–Crippen MR) is 149 cm³/mol. The van der Waals surface area contributed by atoms with E-state index in [0.29, 0.717) is 16.8 Å². The lowest BCUT2D eigenvalue weighted by atomic mass is 10.0. The Bertz CT molecular complexity index is 1360. The molecule has 0 fully saturated rings. The lowest BCUT2D eigenvalue weighted by molar-refractivity contribution is -0.111. The van der Waals surface area contributed by atoms with Crippen LogP contribution in [0, 0.1) is 0 Å². The van der Waals surface area contributed by atoms with E-state index < -0.39 is 10.8 Å². The zero-order chi connectivity index (χ0) is 25.5. The molecule has 0 saturated carbocycles. The second kappa shape index (κ2) is 11.9. The molecule has 1 heterocycles. The first kappa shape index (κ1) is 25.5. The van der Waals surface area contributed by atoms with Crippen molar-refractivity contribution >= 4 is 39.3 Å². The van der Waals surface area contributed by atoms with E-state index in [1.807, 2.05) is 66.0 Å². The molecule has 0 radical (unpaired) electrons. The number of carbonyl (C=O) groups excluding carboxylic acids is 1. The van der Waals surface area contributed by atoms with E-state index in [2.05, 4.69) is 36.3 Å². The fraction of sp³-hybridized carbons (Fsp3) is 0.172. The summed E-state index contributed by atoms with van der Waals surface area (Å²) in [5, 5.41) is 5.23. The van der Waals surface area contributed by atoms with Gasteiger partial charge in [-0.3, -0.25) is 14.3 Å². The van der Waals surface area contributed by atoms with Gasteiger partial charge in [-0.25, -0.2) is 4.98 Å². The van der Waals surface area contributed by atoms with Crippen LogP contribution in [0.1, 0.15) is 36.5 Å².